The summed E-state index contributed by atoms with van der Waals surface area (Å²) in [4.78, 5) is 39.8. The SMILES string of the molecule is CSCC[C@@H]1NC(=O)N(CC(=O)Nc2ccc(N3CCCCC3)cc2)C1=O. The van der Waals surface area contributed by atoms with E-state index in [0.717, 1.165) is 29.4 Å². The second kappa shape index (κ2) is 9.12. The molecule has 0 unspecified atom stereocenters. The van der Waals surface area contributed by atoms with Crippen LogP contribution in [0.4, 0.5) is 16.2 Å². The van der Waals surface area contributed by atoms with Crippen molar-refractivity contribution in [1.29, 1.82) is 0 Å². The minimum Gasteiger partial charge on any atom is -0.372 e. The predicted molar refractivity (Wildman–Crippen MR) is 108 cm³/mol. The Kier molecular flexibility index (Phi) is 6.60. The van der Waals surface area contributed by atoms with Crippen LogP contribution in [0.3, 0.4) is 0 Å². The maximum Gasteiger partial charge on any atom is 0.325 e. The molecule has 0 radical (unpaired) electrons. The number of nitrogens with zero attached hydrogens (tertiary/aromatic N) is 2. The fourth-order valence-corrected chi connectivity index (χ4v) is 3.88. The maximum atomic E-state index is 12.3. The van der Waals surface area contributed by atoms with Crippen molar-refractivity contribution >= 4 is 41.0 Å². The van der Waals surface area contributed by atoms with Crippen LogP contribution in [0.1, 0.15) is 25.7 Å². The van der Waals surface area contributed by atoms with Crippen LogP contribution < -0.4 is 15.5 Å². The lowest BCUT2D eigenvalue weighted by Crippen LogP contribution is -2.38. The second-order valence-corrected chi connectivity index (χ2v) is 7.84. The van der Waals surface area contributed by atoms with Crippen molar-refractivity contribution in [2.24, 2.45) is 0 Å². The first-order chi connectivity index (χ1) is 13.1. The Morgan fingerprint density at radius 2 is 1.89 bits per heavy atom. The van der Waals surface area contributed by atoms with Gasteiger partial charge >= 0.3 is 6.03 Å². The van der Waals surface area contributed by atoms with E-state index in [9.17, 15) is 14.4 Å². The zero-order valence-electron chi connectivity index (χ0n) is 15.6. The maximum absolute atomic E-state index is 12.3. The summed E-state index contributed by atoms with van der Waals surface area (Å²) in [6, 6.07) is 6.67. The van der Waals surface area contributed by atoms with E-state index in [1.807, 2.05) is 30.5 Å². The molecule has 2 N–H and O–H groups in total. The fraction of sp³-hybridized carbons (Fsp3) is 0.526. The molecule has 0 bridgehead atoms. The number of piperidine rings is 1. The predicted octanol–water partition coefficient (Wildman–Crippen LogP) is 2.29. The molecular weight excluding hydrogens is 364 g/mol. The van der Waals surface area contributed by atoms with E-state index in [1.54, 1.807) is 11.8 Å². The van der Waals surface area contributed by atoms with Gasteiger partial charge in [0.2, 0.25) is 5.91 Å². The number of carbonyl (C=O) groups is 3. The lowest BCUT2D eigenvalue weighted by molar-refractivity contribution is -0.130. The number of hydrogen-bond donors (Lipinski definition) is 2. The van der Waals surface area contributed by atoms with Crippen LogP contribution in [0.15, 0.2) is 24.3 Å². The number of urea groups is 1. The fourth-order valence-electron chi connectivity index (χ4n) is 3.41. The Hall–Kier alpha value is -2.22. The summed E-state index contributed by atoms with van der Waals surface area (Å²) >= 11 is 1.62. The monoisotopic (exact) mass is 390 g/mol. The number of thioether (sulfide) groups is 1. The van der Waals surface area contributed by atoms with Crippen LogP contribution in [0.5, 0.6) is 0 Å². The molecule has 2 aliphatic rings. The molecule has 1 aromatic carbocycles. The van der Waals surface area contributed by atoms with Crippen molar-refractivity contribution < 1.29 is 14.4 Å². The van der Waals surface area contributed by atoms with Gasteiger partial charge in [0, 0.05) is 24.5 Å². The highest BCUT2D eigenvalue weighted by Gasteiger charge is 2.38. The van der Waals surface area contributed by atoms with Crippen molar-refractivity contribution in [3.8, 4) is 0 Å². The van der Waals surface area contributed by atoms with Crippen molar-refractivity contribution in [3.63, 3.8) is 0 Å². The Bertz CT molecular complexity index is 689. The molecule has 0 spiro atoms. The summed E-state index contributed by atoms with van der Waals surface area (Å²) in [5, 5.41) is 5.40. The molecule has 2 fully saturated rings. The lowest BCUT2D eigenvalue weighted by atomic mass is 10.1. The molecule has 0 aromatic heterocycles. The lowest BCUT2D eigenvalue weighted by Gasteiger charge is -2.28. The van der Waals surface area contributed by atoms with Crippen molar-refractivity contribution in [3.05, 3.63) is 24.3 Å². The van der Waals surface area contributed by atoms with Gasteiger partial charge in [-0.2, -0.15) is 11.8 Å². The molecule has 0 saturated carbocycles. The molecule has 27 heavy (non-hydrogen) atoms. The molecule has 3 rings (SSSR count). The van der Waals surface area contributed by atoms with Gasteiger partial charge in [-0.25, -0.2) is 4.79 Å². The van der Waals surface area contributed by atoms with Gasteiger partial charge < -0.3 is 15.5 Å². The van der Waals surface area contributed by atoms with E-state index in [1.165, 1.54) is 19.3 Å². The van der Waals surface area contributed by atoms with Gasteiger partial charge in [0.15, 0.2) is 0 Å². The summed E-state index contributed by atoms with van der Waals surface area (Å²) in [5.41, 5.74) is 1.81. The van der Waals surface area contributed by atoms with Crippen LogP contribution >= 0.6 is 11.8 Å². The topological polar surface area (TPSA) is 81.8 Å². The molecule has 1 aromatic rings. The van der Waals surface area contributed by atoms with Crippen molar-refractivity contribution in [2.75, 3.05) is 41.9 Å². The number of imide groups is 1. The molecule has 8 heteroatoms. The van der Waals surface area contributed by atoms with Crippen LogP contribution in [0, 0.1) is 0 Å². The third-order valence-electron chi connectivity index (χ3n) is 4.89. The number of benzene rings is 1. The molecule has 4 amide bonds. The van der Waals surface area contributed by atoms with Gasteiger partial charge in [-0.05, 0) is 62.0 Å². The molecule has 2 heterocycles. The summed E-state index contributed by atoms with van der Waals surface area (Å²) in [5.74, 6) is 0.0690. The first-order valence-electron chi connectivity index (χ1n) is 9.34. The number of amides is 4. The van der Waals surface area contributed by atoms with Crippen LogP contribution in [0.25, 0.3) is 0 Å². The Labute approximate surface area is 163 Å². The highest BCUT2D eigenvalue weighted by molar-refractivity contribution is 7.98. The number of rotatable bonds is 7. The zero-order valence-corrected chi connectivity index (χ0v) is 16.4. The summed E-state index contributed by atoms with van der Waals surface area (Å²) in [6.45, 7) is 1.86. The minimum absolute atomic E-state index is 0.270. The highest BCUT2D eigenvalue weighted by atomic mass is 32.2. The van der Waals surface area contributed by atoms with Gasteiger partial charge in [0.05, 0.1) is 0 Å². The molecule has 2 saturated heterocycles. The van der Waals surface area contributed by atoms with Crippen LogP contribution in [-0.4, -0.2) is 60.4 Å². The van der Waals surface area contributed by atoms with Crippen LogP contribution in [-0.2, 0) is 9.59 Å². The quantitative estimate of drug-likeness (QED) is 0.698. The number of nitrogens with one attached hydrogen (secondary N) is 2. The summed E-state index contributed by atoms with van der Waals surface area (Å²) in [6.07, 6.45) is 6.22. The minimum atomic E-state index is -0.526. The molecule has 0 aliphatic carbocycles. The number of carbonyl (C=O) groups excluding carboxylic acids is 3. The summed E-state index contributed by atoms with van der Waals surface area (Å²) < 4.78 is 0. The average Bonchev–Trinajstić information content (AvgIpc) is 2.95. The van der Waals surface area contributed by atoms with E-state index < -0.39 is 12.1 Å². The van der Waals surface area contributed by atoms with Crippen molar-refractivity contribution in [2.45, 2.75) is 31.7 Å². The van der Waals surface area contributed by atoms with E-state index in [2.05, 4.69) is 15.5 Å². The standard InChI is InChI=1S/C19H26N4O3S/c1-27-12-9-16-18(25)23(19(26)21-16)13-17(24)20-14-5-7-15(8-6-14)22-10-3-2-4-11-22/h5-8,16H,2-4,9-13H2,1H3,(H,20,24)(H,21,26)/t16-/m0/s1. The average molecular weight is 391 g/mol. The first kappa shape index (κ1) is 19.5. The van der Waals surface area contributed by atoms with Gasteiger partial charge in [-0.15, -0.1) is 0 Å². The Morgan fingerprint density at radius 3 is 2.56 bits per heavy atom. The second-order valence-electron chi connectivity index (χ2n) is 6.85. The van der Waals surface area contributed by atoms with E-state index >= 15 is 0 Å². The van der Waals surface area contributed by atoms with Crippen molar-refractivity contribution in [1.82, 2.24) is 10.2 Å². The van der Waals surface area contributed by atoms with Gasteiger partial charge in [0.25, 0.3) is 5.91 Å². The molecule has 146 valence electrons. The van der Waals surface area contributed by atoms with Gasteiger partial charge in [-0.3, -0.25) is 14.5 Å². The largest absolute Gasteiger partial charge is 0.372 e. The summed E-state index contributed by atoms with van der Waals surface area (Å²) in [7, 11) is 0. The molecular formula is C19H26N4O3S. The van der Waals surface area contributed by atoms with E-state index in [4.69, 9.17) is 0 Å². The van der Waals surface area contributed by atoms with Gasteiger partial charge in [-0.1, -0.05) is 0 Å². The third-order valence-corrected chi connectivity index (χ3v) is 5.54. The third kappa shape index (κ3) is 4.94. The zero-order chi connectivity index (χ0) is 19.2. The number of hydrogen-bond acceptors (Lipinski definition) is 5. The van der Waals surface area contributed by atoms with Crippen LogP contribution in [0.2, 0.25) is 0 Å². The highest BCUT2D eigenvalue weighted by Crippen LogP contribution is 2.22. The Balaban J connectivity index is 1.53. The van der Waals surface area contributed by atoms with Gasteiger partial charge in [0.1, 0.15) is 12.6 Å². The molecule has 7 nitrogen and oxygen atoms in total. The van der Waals surface area contributed by atoms with E-state index in [0.29, 0.717) is 12.1 Å². The normalized spacial score (nSPS) is 20.0. The van der Waals surface area contributed by atoms with E-state index in [-0.39, 0.29) is 18.4 Å². The Morgan fingerprint density at radius 1 is 1.19 bits per heavy atom. The number of anilines is 2. The smallest absolute Gasteiger partial charge is 0.325 e. The molecule has 2 aliphatic heterocycles. The molecule has 1 atom stereocenters. The first-order valence-corrected chi connectivity index (χ1v) is 10.7.